The van der Waals surface area contributed by atoms with E-state index in [1.807, 2.05) is 27.7 Å². The predicted molar refractivity (Wildman–Crippen MR) is 121 cm³/mol. The van der Waals surface area contributed by atoms with Crippen LogP contribution in [0.15, 0.2) is 36.5 Å². The molecule has 0 bridgehead atoms. The second-order valence-electron chi connectivity index (χ2n) is 8.56. The van der Waals surface area contributed by atoms with Gasteiger partial charge in [-0.1, -0.05) is 12.1 Å². The number of hydrogen-bond donors (Lipinski definition) is 4. The van der Waals surface area contributed by atoms with E-state index in [0.29, 0.717) is 11.0 Å². The van der Waals surface area contributed by atoms with Gasteiger partial charge in [-0.3, -0.25) is 0 Å². The van der Waals surface area contributed by atoms with Gasteiger partial charge in [0, 0.05) is 12.7 Å². The highest BCUT2D eigenvalue weighted by molar-refractivity contribution is 6.62. The zero-order valence-electron chi connectivity index (χ0n) is 19.0. The van der Waals surface area contributed by atoms with E-state index in [9.17, 15) is 18.8 Å². The quantitative estimate of drug-likeness (QED) is 0.483. The Morgan fingerprint density at radius 2 is 1.68 bits per heavy atom. The van der Waals surface area contributed by atoms with Gasteiger partial charge in [0.05, 0.1) is 16.9 Å². The normalized spacial score (nSPS) is 16.1. The van der Waals surface area contributed by atoms with Crippen LogP contribution in [0.3, 0.4) is 0 Å². The summed E-state index contributed by atoms with van der Waals surface area (Å²) in [4.78, 5) is 38.0. The van der Waals surface area contributed by atoms with Gasteiger partial charge in [-0.15, -0.1) is 0 Å². The maximum Gasteiger partial charge on any atom is 0.494 e. The molecule has 13 heteroatoms. The van der Waals surface area contributed by atoms with Crippen molar-refractivity contribution in [2.75, 3.05) is 10.2 Å². The van der Waals surface area contributed by atoms with E-state index in [4.69, 9.17) is 19.5 Å². The molecule has 1 saturated heterocycles. The van der Waals surface area contributed by atoms with Crippen molar-refractivity contribution in [2.24, 2.45) is 0 Å². The molecule has 1 aliphatic heterocycles. The molecule has 1 aliphatic rings. The number of urea groups is 1. The lowest BCUT2D eigenvalue weighted by Crippen LogP contribution is -2.41. The fraction of sp³-hybridized carbons (Fsp3) is 0.333. The van der Waals surface area contributed by atoms with Gasteiger partial charge in [0.1, 0.15) is 11.6 Å². The predicted octanol–water partition coefficient (Wildman–Crippen LogP) is 3.00. The summed E-state index contributed by atoms with van der Waals surface area (Å²) in [5, 5.41) is 22.8. The van der Waals surface area contributed by atoms with Gasteiger partial charge >= 0.3 is 25.3 Å². The number of hydrogen-bond acceptors (Lipinski definition) is 6. The first-order valence-corrected chi connectivity index (χ1v) is 10.2. The van der Waals surface area contributed by atoms with Crippen molar-refractivity contribution in [1.29, 1.82) is 0 Å². The van der Waals surface area contributed by atoms with Crippen LogP contribution >= 0.6 is 0 Å². The van der Waals surface area contributed by atoms with E-state index in [1.165, 1.54) is 30.5 Å². The number of anilines is 2. The Morgan fingerprint density at radius 1 is 1.06 bits per heavy atom. The molecule has 4 amide bonds. The summed E-state index contributed by atoms with van der Waals surface area (Å²) in [5.74, 6) is -0.979. The lowest BCUT2D eigenvalue weighted by Gasteiger charge is -2.32. The molecule has 180 valence electrons. The molecule has 34 heavy (non-hydrogen) atoms. The molecule has 2 aromatic rings. The number of carbonyl (C=O) groups is 3. The number of amides is 4. The van der Waals surface area contributed by atoms with Crippen molar-refractivity contribution in [3.8, 4) is 0 Å². The first kappa shape index (κ1) is 24.9. The molecular weight excluding hydrogens is 450 g/mol. The van der Waals surface area contributed by atoms with Crippen LogP contribution in [0.5, 0.6) is 0 Å². The standard InChI is InChI=1S/C21H24BFN4O7/c1-20(2)21(3,4)34-22(33-20)13-6-7-15(14(23)9-13)26-17(28)25-11-12-5-8-16(24-10-12)27(18(29)30)19(31)32/h5-10H,11H2,1-4H3,(H,29,30)(H,31,32)(H2,25,26,28). The van der Waals surface area contributed by atoms with E-state index in [1.54, 1.807) is 6.07 Å². The van der Waals surface area contributed by atoms with E-state index in [2.05, 4.69) is 15.6 Å². The number of pyridine rings is 1. The largest absolute Gasteiger partial charge is 0.494 e. The first-order chi connectivity index (χ1) is 15.8. The van der Waals surface area contributed by atoms with Gasteiger partial charge in [0.15, 0.2) is 0 Å². The second-order valence-corrected chi connectivity index (χ2v) is 8.56. The highest BCUT2D eigenvalue weighted by atomic mass is 19.1. The highest BCUT2D eigenvalue weighted by Crippen LogP contribution is 2.36. The Bertz CT molecular complexity index is 1080. The third-order valence-corrected chi connectivity index (χ3v) is 5.64. The zero-order valence-corrected chi connectivity index (χ0v) is 19.0. The average Bonchev–Trinajstić information content (AvgIpc) is 2.95. The fourth-order valence-corrected chi connectivity index (χ4v) is 3.04. The number of imide groups is 1. The second kappa shape index (κ2) is 9.27. The molecule has 0 saturated carbocycles. The number of halogens is 1. The lowest BCUT2D eigenvalue weighted by molar-refractivity contribution is 0.00578. The van der Waals surface area contributed by atoms with Crippen LogP contribution in [-0.4, -0.2) is 51.7 Å². The Labute approximate surface area is 195 Å². The average molecular weight is 474 g/mol. The third-order valence-electron chi connectivity index (χ3n) is 5.64. The molecule has 0 aliphatic carbocycles. The minimum absolute atomic E-state index is 0.0210. The van der Waals surface area contributed by atoms with Crippen molar-refractivity contribution in [3.63, 3.8) is 0 Å². The smallest absolute Gasteiger partial charge is 0.464 e. The van der Waals surface area contributed by atoms with Crippen LogP contribution in [0.4, 0.5) is 30.3 Å². The van der Waals surface area contributed by atoms with Gasteiger partial charge in [-0.05, 0) is 56.9 Å². The summed E-state index contributed by atoms with van der Waals surface area (Å²) in [7, 11) is -0.740. The van der Waals surface area contributed by atoms with Crippen molar-refractivity contribution in [3.05, 3.63) is 47.9 Å². The number of nitrogens with one attached hydrogen (secondary N) is 2. The summed E-state index contributed by atoms with van der Waals surface area (Å²) in [5.41, 5.74) is -0.254. The van der Waals surface area contributed by atoms with Gasteiger partial charge < -0.3 is 30.2 Å². The van der Waals surface area contributed by atoms with Crippen LogP contribution in [0.2, 0.25) is 0 Å². The maximum atomic E-state index is 14.6. The Hall–Kier alpha value is -3.71. The van der Waals surface area contributed by atoms with Crippen LogP contribution in [0.25, 0.3) is 0 Å². The number of carbonyl (C=O) groups excluding carboxylic acids is 1. The molecule has 0 unspecified atom stereocenters. The summed E-state index contributed by atoms with van der Waals surface area (Å²) >= 11 is 0. The van der Waals surface area contributed by atoms with E-state index < -0.39 is 42.4 Å². The number of aromatic nitrogens is 1. The van der Waals surface area contributed by atoms with Crippen LogP contribution in [0.1, 0.15) is 33.3 Å². The number of rotatable bonds is 5. The first-order valence-electron chi connectivity index (χ1n) is 10.2. The van der Waals surface area contributed by atoms with Crippen LogP contribution in [0, 0.1) is 5.82 Å². The molecule has 0 atom stereocenters. The van der Waals surface area contributed by atoms with Gasteiger partial charge in [-0.2, -0.15) is 4.90 Å². The number of benzene rings is 1. The Kier molecular flexibility index (Phi) is 6.80. The van der Waals surface area contributed by atoms with Gasteiger partial charge in [0.25, 0.3) is 0 Å². The minimum Gasteiger partial charge on any atom is -0.464 e. The van der Waals surface area contributed by atoms with Crippen LogP contribution in [-0.2, 0) is 15.9 Å². The number of nitrogens with zero attached hydrogens (tertiary/aromatic N) is 2. The van der Waals surface area contributed by atoms with Crippen molar-refractivity contribution < 1.29 is 38.3 Å². The minimum atomic E-state index is -1.70. The van der Waals surface area contributed by atoms with Crippen molar-refractivity contribution in [2.45, 2.75) is 45.4 Å². The van der Waals surface area contributed by atoms with E-state index in [0.717, 1.165) is 0 Å². The van der Waals surface area contributed by atoms with Gasteiger partial charge in [0.2, 0.25) is 0 Å². The van der Waals surface area contributed by atoms with Crippen molar-refractivity contribution >= 4 is 42.3 Å². The third kappa shape index (κ3) is 5.26. The van der Waals surface area contributed by atoms with E-state index in [-0.39, 0.29) is 22.9 Å². The molecule has 3 rings (SSSR count). The molecule has 0 radical (unpaired) electrons. The molecule has 1 fully saturated rings. The van der Waals surface area contributed by atoms with E-state index >= 15 is 0 Å². The summed E-state index contributed by atoms with van der Waals surface area (Å²) in [6.07, 6.45) is -2.18. The Morgan fingerprint density at radius 3 is 2.18 bits per heavy atom. The molecule has 0 spiro atoms. The van der Waals surface area contributed by atoms with Crippen LogP contribution < -0.4 is 21.0 Å². The topological polar surface area (TPSA) is 150 Å². The summed E-state index contributed by atoms with van der Waals surface area (Å²) < 4.78 is 26.4. The summed E-state index contributed by atoms with van der Waals surface area (Å²) in [6.45, 7) is 7.54. The fourth-order valence-electron chi connectivity index (χ4n) is 3.04. The molecule has 1 aromatic carbocycles. The monoisotopic (exact) mass is 474 g/mol. The van der Waals surface area contributed by atoms with Gasteiger partial charge in [-0.25, -0.2) is 23.8 Å². The SMILES string of the molecule is CC1(C)OB(c2ccc(NC(=O)NCc3ccc(N(C(=O)O)C(=O)O)nc3)c(F)c2)OC1(C)C. The molecule has 1 aromatic heterocycles. The zero-order chi connectivity index (χ0) is 25.3. The lowest BCUT2D eigenvalue weighted by atomic mass is 9.79. The molecular formula is C21H24BFN4O7. The Balaban J connectivity index is 1.58. The summed E-state index contributed by atoms with van der Waals surface area (Å²) in [6, 6.07) is 6.13. The number of carboxylic acid groups (broad SMARTS) is 2. The maximum absolute atomic E-state index is 14.6. The molecule has 4 N–H and O–H groups in total. The van der Waals surface area contributed by atoms with Crippen molar-refractivity contribution in [1.82, 2.24) is 10.3 Å². The molecule has 2 heterocycles. The molecule has 11 nitrogen and oxygen atoms in total. The highest BCUT2D eigenvalue weighted by Gasteiger charge is 2.51.